The minimum absolute atomic E-state index is 0.0322. The molecular formula is C53H82O14. The molecule has 0 aliphatic rings. The van der Waals surface area contributed by atoms with Crippen LogP contribution < -0.4 is 0 Å². The van der Waals surface area contributed by atoms with E-state index < -0.39 is 22.8 Å². The van der Waals surface area contributed by atoms with E-state index in [1.807, 2.05) is 78.8 Å². The van der Waals surface area contributed by atoms with Crippen LogP contribution in [0.5, 0.6) is 0 Å². The third kappa shape index (κ3) is 27.2. The largest absolute Gasteiger partial charge is 0.478 e. The Labute approximate surface area is 400 Å². The number of ether oxygens (including phenoxy) is 6. The van der Waals surface area contributed by atoms with Gasteiger partial charge in [-0.3, -0.25) is 24.0 Å². The first-order chi connectivity index (χ1) is 31.6. The van der Waals surface area contributed by atoms with Crippen LogP contribution in [-0.4, -0.2) is 79.9 Å². The zero-order valence-corrected chi connectivity index (χ0v) is 42.5. The van der Waals surface area contributed by atoms with Crippen molar-refractivity contribution in [3.63, 3.8) is 0 Å². The van der Waals surface area contributed by atoms with E-state index >= 15 is 0 Å². The van der Waals surface area contributed by atoms with E-state index in [2.05, 4.69) is 13.8 Å². The summed E-state index contributed by atoms with van der Waals surface area (Å²) in [4.78, 5) is 81.5. The first-order valence-electron chi connectivity index (χ1n) is 24.0. The summed E-state index contributed by atoms with van der Waals surface area (Å²) in [6.45, 7) is 22.4. The molecule has 2 rings (SSSR count). The van der Waals surface area contributed by atoms with E-state index in [4.69, 9.17) is 33.5 Å². The van der Waals surface area contributed by atoms with E-state index in [1.165, 1.54) is 31.0 Å². The van der Waals surface area contributed by atoms with Gasteiger partial charge in [-0.05, 0) is 117 Å². The van der Waals surface area contributed by atoms with Gasteiger partial charge in [0.2, 0.25) is 0 Å². The molecule has 1 unspecified atom stereocenters. The predicted molar refractivity (Wildman–Crippen MR) is 257 cm³/mol. The highest BCUT2D eigenvalue weighted by atomic mass is 16.6. The molecule has 0 heterocycles. The molecule has 1 atom stereocenters. The molecule has 67 heavy (non-hydrogen) atoms. The molecule has 2 aromatic carbocycles. The molecule has 0 aliphatic heterocycles. The van der Waals surface area contributed by atoms with Crippen LogP contribution in [0.15, 0.2) is 54.6 Å². The molecular weight excluding hydrogens is 861 g/mol. The molecule has 0 radical (unpaired) electrons. The number of carboxylic acids is 1. The quantitative estimate of drug-likeness (QED) is 0.0459. The van der Waals surface area contributed by atoms with Gasteiger partial charge >= 0.3 is 41.8 Å². The van der Waals surface area contributed by atoms with Gasteiger partial charge in [0, 0.05) is 12.8 Å². The number of esters is 6. The third-order valence-electron chi connectivity index (χ3n) is 11.5. The standard InChI is InChI=1S/C24H44O6.C16H20O6.C13H18O2/c1-6-9-14-20(7-2)19-30-22(26)15-11-10-12-17-28-21(25)16-13-18-29-23(27)24(4,5)8-3;1-4-16(2,3)15(20)22-10-9-21-14(19)12-8-6-5-7-11(12)13(17)18;1-4-13(2,3)12(14)15-10-11-8-6-5-7-9-11/h20H,6-19H2,1-5H3;5-8H,4,9-10H2,1-3H3,(H,17,18);5-9H,4,10H2,1-3H3. The second-order valence-corrected chi connectivity index (χ2v) is 18.3. The fraction of sp³-hybridized carbons (Fsp3) is 0.642. The van der Waals surface area contributed by atoms with Gasteiger partial charge in [-0.2, -0.15) is 0 Å². The van der Waals surface area contributed by atoms with E-state index in [9.17, 15) is 33.6 Å². The highest BCUT2D eigenvalue weighted by Crippen LogP contribution is 2.24. The Morgan fingerprint density at radius 3 is 1.52 bits per heavy atom. The van der Waals surface area contributed by atoms with Crippen molar-refractivity contribution in [2.24, 2.45) is 22.2 Å². The van der Waals surface area contributed by atoms with Crippen LogP contribution >= 0.6 is 0 Å². The molecule has 378 valence electrons. The first-order valence-corrected chi connectivity index (χ1v) is 24.0. The van der Waals surface area contributed by atoms with E-state index in [1.54, 1.807) is 19.9 Å². The van der Waals surface area contributed by atoms with Crippen molar-refractivity contribution >= 4 is 41.8 Å². The van der Waals surface area contributed by atoms with Crippen molar-refractivity contribution < 1.29 is 67.1 Å². The number of carboxylic acid groups (broad SMARTS) is 1. The van der Waals surface area contributed by atoms with Gasteiger partial charge in [-0.15, -0.1) is 0 Å². The fourth-order valence-corrected chi connectivity index (χ4v) is 5.31. The molecule has 14 heteroatoms. The van der Waals surface area contributed by atoms with Gasteiger partial charge < -0.3 is 33.5 Å². The lowest BCUT2D eigenvalue weighted by atomic mass is 9.91. The summed E-state index contributed by atoms with van der Waals surface area (Å²) < 4.78 is 31.0. The van der Waals surface area contributed by atoms with Crippen LogP contribution in [0.3, 0.4) is 0 Å². The summed E-state index contributed by atoms with van der Waals surface area (Å²) in [6, 6.07) is 15.5. The summed E-state index contributed by atoms with van der Waals surface area (Å²) in [7, 11) is 0. The maximum Gasteiger partial charge on any atom is 0.339 e. The average molecular weight is 943 g/mol. The van der Waals surface area contributed by atoms with Crippen molar-refractivity contribution in [2.45, 2.75) is 166 Å². The Bertz CT molecular complexity index is 1770. The summed E-state index contributed by atoms with van der Waals surface area (Å²) in [6.07, 6.45) is 10.0. The number of carbonyl (C=O) groups is 7. The van der Waals surface area contributed by atoms with Crippen molar-refractivity contribution in [1.82, 2.24) is 0 Å². The van der Waals surface area contributed by atoms with Crippen molar-refractivity contribution in [1.29, 1.82) is 0 Å². The Balaban J connectivity index is 0.00000103. The minimum atomic E-state index is -1.20. The highest BCUT2D eigenvalue weighted by molar-refractivity contribution is 6.02. The molecule has 0 saturated heterocycles. The Morgan fingerprint density at radius 1 is 0.507 bits per heavy atom. The second kappa shape index (κ2) is 34.1. The van der Waals surface area contributed by atoms with Gasteiger partial charge in [0.1, 0.15) is 19.8 Å². The molecule has 0 bridgehead atoms. The molecule has 0 amide bonds. The molecule has 1 N–H and O–H groups in total. The predicted octanol–water partition coefficient (Wildman–Crippen LogP) is 11.3. The second-order valence-electron chi connectivity index (χ2n) is 18.3. The van der Waals surface area contributed by atoms with Crippen molar-refractivity contribution in [2.75, 3.05) is 33.0 Å². The Hall–Kier alpha value is -5.27. The number of hydrogen-bond donors (Lipinski definition) is 1. The van der Waals surface area contributed by atoms with Crippen LogP contribution in [0.2, 0.25) is 0 Å². The van der Waals surface area contributed by atoms with Crippen molar-refractivity contribution in [3.05, 3.63) is 71.3 Å². The zero-order chi connectivity index (χ0) is 50.9. The van der Waals surface area contributed by atoms with E-state index in [0.29, 0.717) is 51.4 Å². The highest BCUT2D eigenvalue weighted by Gasteiger charge is 2.29. The number of benzene rings is 2. The molecule has 0 fully saturated rings. The lowest BCUT2D eigenvalue weighted by molar-refractivity contribution is -0.156. The number of carbonyl (C=O) groups excluding carboxylic acids is 6. The summed E-state index contributed by atoms with van der Waals surface area (Å²) in [5, 5.41) is 9.00. The SMILES string of the molecule is CCC(C)(C)C(=O)OCCOC(=O)c1ccccc1C(=O)O.CCC(C)(C)C(=O)OCc1ccccc1.CCCCC(CC)COC(=O)CCCCCOC(=O)CCCOC(=O)C(C)(C)CC. The summed E-state index contributed by atoms with van der Waals surface area (Å²) in [5.41, 5.74) is -0.585. The number of rotatable bonds is 29. The smallest absolute Gasteiger partial charge is 0.339 e. The van der Waals surface area contributed by atoms with Gasteiger partial charge in [-0.1, -0.05) is 96.3 Å². The van der Waals surface area contributed by atoms with E-state index in [0.717, 1.165) is 44.1 Å². The van der Waals surface area contributed by atoms with Gasteiger partial charge in [0.05, 0.1) is 47.2 Å². The third-order valence-corrected chi connectivity index (χ3v) is 11.5. The van der Waals surface area contributed by atoms with Gasteiger partial charge in [0.15, 0.2) is 0 Å². The molecule has 14 nitrogen and oxygen atoms in total. The summed E-state index contributed by atoms with van der Waals surface area (Å²) in [5.74, 6) is -2.64. The van der Waals surface area contributed by atoms with Gasteiger partial charge in [-0.25, -0.2) is 9.59 Å². The molecule has 0 spiro atoms. The lowest BCUT2D eigenvalue weighted by Crippen LogP contribution is -2.27. The molecule has 0 aliphatic carbocycles. The maximum atomic E-state index is 11.8. The molecule has 0 aromatic heterocycles. The monoisotopic (exact) mass is 943 g/mol. The average Bonchev–Trinajstić information content (AvgIpc) is 3.32. The summed E-state index contributed by atoms with van der Waals surface area (Å²) >= 11 is 0. The van der Waals surface area contributed by atoms with Gasteiger partial charge in [0.25, 0.3) is 0 Å². The lowest BCUT2D eigenvalue weighted by Gasteiger charge is -2.20. The minimum Gasteiger partial charge on any atom is -0.478 e. The van der Waals surface area contributed by atoms with Crippen molar-refractivity contribution in [3.8, 4) is 0 Å². The molecule has 0 saturated carbocycles. The number of aromatic carboxylic acids is 1. The van der Waals surface area contributed by atoms with Crippen LogP contribution in [0, 0.1) is 22.2 Å². The number of unbranched alkanes of at least 4 members (excludes halogenated alkanes) is 3. The normalized spacial score (nSPS) is 11.6. The Kier molecular flexibility index (Phi) is 31.4. The zero-order valence-electron chi connectivity index (χ0n) is 42.5. The van der Waals surface area contributed by atoms with Crippen LogP contribution in [0.25, 0.3) is 0 Å². The topological polar surface area (TPSA) is 195 Å². The van der Waals surface area contributed by atoms with Crippen LogP contribution in [-0.2, 0) is 59.0 Å². The Morgan fingerprint density at radius 2 is 0.985 bits per heavy atom. The van der Waals surface area contributed by atoms with Crippen LogP contribution in [0.1, 0.15) is 186 Å². The fourth-order valence-electron chi connectivity index (χ4n) is 5.31. The molecule has 2 aromatic rings. The first kappa shape index (κ1) is 61.7. The number of hydrogen-bond acceptors (Lipinski definition) is 13. The van der Waals surface area contributed by atoms with Crippen LogP contribution in [0.4, 0.5) is 0 Å². The maximum absolute atomic E-state index is 11.8. The van der Waals surface area contributed by atoms with E-state index in [-0.39, 0.29) is 72.6 Å².